The van der Waals surface area contributed by atoms with Crippen LogP contribution < -0.4 is 0 Å². The van der Waals surface area contributed by atoms with Gasteiger partial charge >= 0.3 is 5.97 Å². The number of carbonyl (C=O) groups is 1. The van der Waals surface area contributed by atoms with E-state index in [2.05, 4.69) is 16.0 Å². The first kappa shape index (κ1) is 18.9. The summed E-state index contributed by atoms with van der Waals surface area (Å²) in [6, 6.07) is 11.8. The summed E-state index contributed by atoms with van der Waals surface area (Å²) in [5.74, 6) is -0.101. The van der Waals surface area contributed by atoms with E-state index in [1.54, 1.807) is 6.20 Å². The third-order valence-corrected chi connectivity index (χ3v) is 5.16. The number of hydrogen-bond donors (Lipinski definition) is 0. The van der Waals surface area contributed by atoms with Gasteiger partial charge in [-0.2, -0.15) is 0 Å². The molecule has 1 aromatic carbocycles. The second kappa shape index (κ2) is 8.65. The molecule has 5 heteroatoms. The number of likely N-dealkylation sites (tertiary alicyclic amines) is 1. The van der Waals surface area contributed by atoms with Crippen LogP contribution in [0.3, 0.4) is 0 Å². The van der Waals surface area contributed by atoms with Crippen LogP contribution >= 0.6 is 11.6 Å². The zero-order valence-electron chi connectivity index (χ0n) is 15.2. The van der Waals surface area contributed by atoms with Crippen molar-refractivity contribution < 1.29 is 9.53 Å². The maximum Gasteiger partial charge on any atom is 0.313 e. The number of nitrogens with zero attached hydrogens (tertiary/aromatic N) is 2. The van der Waals surface area contributed by atoms with Crippen LogP contribution in [-0.4, -0.2) is 35.5 Å². The number of piperidine rings is 1. The minimum absolute atomic E-state index is 0.101. The summed E-state index contributed by atoms with van der Waals surface area (Å²) >= 11 is 6.15. The molecule has 1 aliphatic heterocycles. The van der Waals surface area contributed by atoms with Crippen LogP contribution in [0.4, 0.5) is 0 Å². The van der Waals surface area contributed by atoms with Gasteiger partial charge in [-0.3, -0.25) is 14.7 Å². The van der Waals surface area contributed by atoms with Gasteiger partial charge in [0.25, 0.3) is 0 Å². The highest BCUT2D eigenvalue weighted by Gasteiger charge is 2.43. The number of rotatable bonds is 6. The second-order valence-electron chi connectivity index (χ2n) is 6.98. The molecule has 1 aromatic heterocycles. The Morgan fingerprint density at radius 2 is 2.15 bits per heavy atom. The minimum atomic E-state index is -0.527. The molecular formula is C21H25ClN2O2. The summed E-state index contributed by atoms with van der Waals surface area (Å²) in [6.45, 7) is 4.73. The van der Waals surface area contributed by atoms with Crippen molar-refractivity contribution in [3.05, 3.63) is 64.9 Å². The molecule has 0 aliphatic carbocycles. The number of benzene rings is 1. The van der Waals surface area contributed by atoms with Crippen LogP contribution in [-0.2, 0) is 22.5 Å². The Balaban J connectivity index is 1.81. The molecule has 2 heterocycles. The predicted octanol–water partition coefficient (Wildman–Crippen LogP) is 4.12. The largest absolute Gasteiger partial charge is 0.466 e. The lowest BCUT2D eigenvalue weighted by atomic mass is 9.75. The SMILES string of the molecule is CCOC(=O)[C@]1(Cc2cccc(Cl)c2)CCCN(Cc2cccnc2)C1. The smallest absolute Gasteiger partial charge is 0.313 e. The van der Waals surface area contributed by atoms with Crippen LogP contribution in [0, 0.1) is 5.41 Å². The van der Waals surface area contributed by atoms with Crippen molar-refractivity contribution in [2.75, 3.05) is 19.7 Å². The number of pyridine rings is 1. The molecule has 0 saturated carbocycles. The van der Waals surface area contributed by atoms with Gasteiger partial charge in [0.2, 0.25) is 0 Å². The summed E-state index contributed by atoms with van der Waals surface area (Å²) in [5, 5.41) is 0.699. The number of carbonyl (C=O) groups excluding carboxylic acids is 1. The molecule has 26 heavy (non-hydrogen) atoms. The Hall–Kier alpha value is -1.91. The fraction of sp³-hybridized carbons (Fsp3) is 0.429. The lowest BCUT2D eigenvalue weighted by Gasteiger charge is -2.41. The molecule has 0 spiro atoms. The van der Waals surface area contributed by atoms with E-state index < -0.39 is 5.41 Å². The van der Waals surface area contributed by atoms with Gasteiger partial charge in [0.1, 0.15) is 0 Å². The van der Waals surface area contributed by atoms with Gasteiger partial charge in [0.15, 0.2) is 0 Å². The van der Waals surface area contributed by atoms with E-state index in [1.165, 1.54) is 0 Å². The molecule has 0 N–H and O–H groups in total. The van der Waals surface area contributed by atoms with Crippen molar-refractivity contribution in [3.8, 4) is 0 Å². The van der Waals surface area contributed by atoms with Gasteiger partial charge in [-0.25, -0.2) is 0 Å². The molecule has 0 radical (unpaired) electrons. The third-order valence-electron chi connectivity index (χ3n) is 4.92. The van der Waals surface area contributed by atoms with Crippen molar-refractivity contribution in [2.45, 2.75) is 32.7 Å². The summed E-state index contributed by atoms with van der Waals surface area (Å²) in [6.07, 6.45) is 6.12. The van der Waals surface area contributed by atoms with Crippen molar-refractivity contribution in [2.24, 2.45) is 5.41 Å². The van der Waals surface area contributed by atoms with E-state index in [0.29, 0.717) is 24.6 Å². The summed E-state index contributed by atoms with van der Waals surface area (Å²) < 4.78 is 5.47. The minimum Gasteiger partial charge on any atom is -0.466 e. The molecule has 3 rings (SSSR count). The van der Waals surface area contributed by atoms with Crippen molar-refractivity contribution in [1.82, 2.24) is 9.88 Å². The monoisotopic (exact) mass is 372 g/mol. The van der Waals surface area contributed by atoms with Crippen molar-refractivity contribution >= 4 is 17.6 Å². The Kier molecular flexibility index (Phi) is 6.28. The van der Waals surface area contributed by atoms with Gasteiger partial charge in [0.05, 0.1) is 12.0 Å². The van der Waals surface area contributed by atoms with Gasteiger partial charge in [-0.05, 0) is 62.1 Å². The second-order valence-corrected chi connectivity index (χ2v) is 7.42. The van der Waals surface area contributed by atoms with E-state index in [-0.39, 0.29) is 5.97 Å². The lowest BCUT2D eigenvalue weighted by molar-refractivity contribution is -0.159. The average Bonchev–Trinajstić information content (AvgIpc) is 2.63. The third kappa shape index (κ3) is 4.63. The van der Waals surface area contributed by atoms with Crippen molar-refractivity contribution in [3.63, 3.8) is 0 Å². The Morgan fingerprint density at radius 1 is 1.31 bits per heavy atom. The number of esters is 1. The molecule has 138 valence electrons. The highest BCUT2D eigenvalue weighted by molar-refractivity contribution is 6.30. The van der Waals surface area contributed by atoms with E-state index in [9.17, 15) is 4.79 Å². The first-order chi connectivity index (χ1) is 12.6. The van der Waals surface area contributed by atoms with Crippen molar-refractivity contribution in [1.29, 1.82) is 0 Å². The zero-order chi connectivity index (χ0) is 18.4. The van der Waals surface area contributed by atoms with Gasteiger partial charge in [-0.1, -0.05) is 29.8 Å². The number of halogens is 1. The molecule has 0 bridgehead atoms. The molecule has 2 aromatic rings. The van der Waals surface area contributed by atoms with E-state index in [1.807, 2.05) is 43.5 Å². The Labute approximate surface area is 160 Å². The Bertz CT molecular complexity index is 738. The summed E-state index contributed by atoms with van der Waals surface area (Å²) in [4.78, 5) is 19.4. The fourth-order valence-corrected chi connectivity index (χ4v) is 4.03. The Morgan fingerprint density at radius 3 is 2.88 bits per heavy atom. The molecule has 0 unspecified atom stereocenters. The fourth-order valence-electron chi connectivity index (χ4n) is 3.82. The molecule has 1 fully saturated rings. The molecule has 1 aliphatic rings. The summed E-state index contributed by atoms with van der Waals surface area (Å²) in [5.41, 5.74) is 1.71. The molecule has 1 atom stereocenters. The maximum atomic E-state index is 12.9. The predicted molar refractivity (Wildman–Crippen MR) is 103 cm³/mol. The first-order valence-corrected chi connectivity index (χ1v) is 9.52. The zero-order valence-corrected chi connectivity index (χ0v) is 15.9. The average molecular weight is 373 g/mol. The number of ether oxygens (including phenoxy) is 1. The molecule has 4 nitrogen and oxygen atoms in total. The first-order valence-electron chi connectivity index (χ1n) is 9.14. The van der Waals surface area contributed by atoms with Crippen LogP contribution in [0.25, 0.3) is 0 Å². The van der Waals surface area contributed by atoms with Gasteiger partial charge in [0, 0.05) is 30.5 Å². The van der Waals surface area contributed by atoms with E-state index in [0.717, 1.165) is 37.1 Å². The molecular weight excluding hydrogens is 348 g/mol. The highest BCUT2D eigenvalue weighted by Crippen LogP contribution is 2.36. The molecule has 1 saturated heterocycles. The van der Waals surface area contributed by atoms with Crippen LogP contribution in [0.15, 0.2) is 48.8 Å². The standard InChI is InChI=1S/C21H25ClN2O2/c1-2-26-20(25)21(13-17-6-3-8-19(22)12-17)9-5-11-24(16-21)15-18-7-4-10-23-14-18/h3-4,6-8,10,12,14H,2,5,9,11,13,15-16H2,1H3/t21-/m0/s1. The summed E-state index contributed by atoms with van der Waals surface area (Å²) in [7, 11) is 0. The van der Waals surface area contributed by atoms with E-state index >= 15 is 0 Å². The topological polar surface area (TPSA) is 42.4 Å². The normalized spacial score (nSPS) is 20.7. The van der Waals surface area contributed by atoms with Crippen LogP contribution in [0.1, 0.15) is 30.9 Å². The van der Waals surface area contributed by atoms with Gasteiger partial charge < -0.3 is 4.74 Å². The quantitative estimate of drug-likeness (QED) is 0.715. The van der Waals surface area contributed by atoms with Crippen LogP contribution in [0.5, 0.6) is 0 Å². The maximum absolute atomic E-state index is 12.9. The van der Waals surface area contributed by atoms with Crippen LogP contribution in [0.2, 0.25) is 5.02 Å². The lowest BCUT2D eigenvalue weighted by Crippen LogP contribution is -2.49. The van der Waals surface area contributed by atoms with E-state index in [4.69, 9.17) is 16.3 Å². The van der Waals surface area contributed by atoms with Gasteiger partial charge in [-0.15, -0.1) is 0 Å². The molecule has 0 amide bonds. The number of aromatic nitrogens is 1. The highest BCUT2D eigenvalue weighted by atomic mass is 35.5. The number of hydrogen-bond acceptors (Lipinski definition) is 4.